The monoisotopic (exact) mass is 367 g/mol. The Labute approximate surface area is 159 Å². The van der Waals surface area contributed by atoms with Crippen molar-refractivity contribution < 1.29 is 4.79 Å². The SMILES string of the molecule is CCN(c1ccc(NC(=O)Cn2nc(C)c(C)c(C#N)c2=O)cc1)C(C)C. The van der Waals surface area contributed by atoms with E-state index in [4.69, 9.17) is 5.26 Å². The molecule has 0 bridgehead atoms. The average molecular weight is 367 g/mol. The number of carbonyl (C=O) groups excluding carboxylic acids is 1. The van der Waals surface area contributed by atoms with Gasteiger partial charge in [0, 0.05) is 24.0 Å². The number of rotatable bonds is 6. The van der Waals surface area contributed by atoms with Crippen molar-refractivity contribution in [3.05, 3.63) is 51.4 Å². The van der Waals surface area contributed by atoms with Crippen molar-refractivity contribution in [2.75, 3.05) is 16.8 Å². The molecule has 0 radical (unpaired) electrons. The Hall–Kier alpha value is -3.14. The van der Waals surface area contributed by atoms with Gasteiger partial charge in [0.15, 0.2) is 0 Å². The third-order valence-corrected chi connectivity index (χ3v) is 4.49. The van der Waals surface area contributed by atoms with Crippen molar-refractivity contribution in [3.8, 4) is 6.07 Å². The van der Waals surface area contributed by atoms with Gasteiger partial charge in [-0.2, -0.15) is 10.4 Å². The molecule has 0 aliphatic rings. The molecule has 0 saturated carbocycles. The molecule has 7 nitrogen and oxygen atoms in total. The molecule has 2 rings (SSSR count). The van der Waals surface area contributed by atoms with E-state index in [1.54, 1.807) is 13.8 Å². The molecule has 0 saturated heterocycles. The molecule has 1 aromatic heterocycles. The summed E-state index contributed by atoms with van der Waals surface area (Å²) in [5, 5.41) is 16.0. The van der Waals surface area contributed by atoms with Gasteiger partial charge in [0.05, 0.1) is 5.69 Å². The number of amides is 1. The van der Waals surface area contributed by atoms with Crippen molar-refractivity contribution in [2.45, 2.75) is 47.2 Å². The summed E-state index contributed by atoms with van der Waals surface area (Å²) in [6.07, 6.45) is 0. The standard InChI is InChI=1S/C20H25N5O2/c1-6-24(13(2)3)17-9-7-16(8-10-17)22-19(26)12-25-20(27)18(11-21)14(4)15(5)23-25/h7-10,13H,6,12H2,1-5H3,(H,22,26). The fourth-order valence-electron chi connectivity index (χ4n) is 2.93. The number of anilines is 2. The largest absolute Gasteiger partial charge is 0.369 e. The maximum atomic E-state index is 12.3. The van der Waals surface area contributed by atoms with Crippen molar-refractivity contribution in [1.29, 1.82) is 5.26 Å². The molecular formula is C20H25N5O2. The van der Waals surface area contributed by atoms with Gasteiger partial charge in [-0.15, -0.1) is 0 Å². The van der Waals surface area contributed by atoms with Crippen LogP contribution in [0.3, 0.4) is 0 Å². The normalized spacial score (nSPS) is 10.6. The van der Waals surface area contributed by atoms with E-state index < -0.39 is 5.56 Å². The summed E-state index contributed by atoms with van der Waals surface area (Å²) in [5.74, 6) is -0.374. The second-order valence-corrected chi connectivity index (χ2v) is 6.63. The van der Waals surface area contributed by atoms with Crippen LogP contribution in [0.15, 0.2) is 29.1 Å². The highest BCUT2D eigenvalue weighted by molar-refractivity contribution is 5.90. The fraction of sp³-hybridized carbons (Fsp3) is 0.400. The Morgan fingerprint density at radius 1 is 1.30 bits per heavy atom. The first-order valence-corrected chi connectivity index (χ1v) is 8.93. The number of nitrogens with one attached hydrogen (secondary N) is 1. The van der Waals surface area contributed by atoms with Crippen LogP contribution in [0.4, 0.5) is 11.4 Å². The van der Waals surface area contributed by atoms with Crippen molar-refractivity contribution in [2.24, 2.45) is 0 Å². The van der Waals surface area contributed by atoms with Gasteiger partial charge >= 0.3 is 0 Å². The van der Waals surface area contributed by atoms with Crippen LogP contribution < -0.4 is 15.8 Å². The Morgan fingerprint density at radius 3 is 2.44 bits per heavy atom. The number of carbonyl (C=O) groups is 1. The number of aromatic nitrogens is 2. The molecule has 1 aromatic carbocycles. The Balaban J connectivity index is 2.14. The number of benzene rings is 1. The van der Waals surface area contributed by atoms with Crippen molar-refractivity contribution >= 4 is 17.3 Å². The number of nitriles is 1. The summed E-state index contributed by atoms with van der Waals surface area (Å²) in [5.41, 5.74) is 2.28. The van der Waals surface area contributed by atoms with E-state index in [1.165, 1.54) is 0 Å². The smallest absolute Gasteiger partial charge is 0.285 e. The summed E-state index contributed by atoms with van der Waals surface area (Å²) >= 11 is 0. The Bertz CT molecular complexity index is 923. The van der Waals surface area contributed by atoms with Gasteiger partial charge in [-0.05, 0) is 64.4 Å². The minimum atomic E-state index is -0.554. The summed E-state index contributed by atoms with van der Waals surface area (Å²) < 4.78 is 1.03. The molecule has 0 unspecified atom stereocenters. The summed E-state index contributed by atoms with van der Waals surface area (Å²) in [6.45, 7) is 10.4. The lowest BCUT2D eigenvalue weighted by Crippen LogP contribution is -2.32. The van der Waals surface area contributed by atoms with Crippen LogP contribution in [0.1, 0.15) is 37.6 Å². The molecule has 0 atom stereocenters. The Kier molecular flexibility index (Phi) is 6.35. The van der Waals surface area contributed by atoms with E-state index in [0.717, 1.165) is 16.9 Å². The number of nitrogens with zero attached hydrogens (tertiary/aromatic N) is 4. The van der Waals surface area contributed by atoms with Gasteiger partial charge in [-0.3, -0.25) is 9.59 Å². The molecule has 1 amide bonds. The van der Waals surface area contributed by atoms with E-state index >= 15 is 0 Å². The van der Waals surface area contributed by atoms with E-state index in [9.17, 15) is 9.59 Å². The fourth-order valence-corrected chi connectivity index (χ4v) is 2.93. The highest BCUT2D eigenvalue weighted by Crippen LogP contribution is 2.19. The third kappa shape index (κ3) is 4.53. The lowest BCUT2D eigenvalue weighted by molar-refractivity contribution is -0.117. The minimum Gasteiger partial charge on any atom is -0.369 e. The molecule has 0 fully saturated rings. The lowest BCUT2D eigenvalue weighted by Gasteiger charge is -2.27. The highest BCUT2D eigenvalue weighted by Gasteiger charge is 2.14. The van der Waals surface area contributed by atoms with Crippen LogP contribution in [-0.2, 0) is 11.3 Å². The maximum absolute atomic E-state index is 12.3. The molecule has 1 N–H and O–H groups in total. The Morgan fingerprint density at radius 2 is 1.93 bits per heavy atom. The van der Waals surface area contributed by atoms with Gasteiger partial charge in [-0.25, -0.2) is 4.68 Å². The molecule has 0 aliphatic carbocycles. The van der Waals surface area contributed by atoms with Gasteiger partial charge < -0.3 is 10.2 Å². The van der Waals surface area contributed by atoms with E-state index in [1.807, 2.05) is 30.3 Å². The first-order chi connectivity index (χ1) is 12.8. The molecule has 0 aliphatic heterocycles. The van der Waals surface area contributed by atoms with Gasteiger partial charge in [0.25, 0.3) is 5.56 Å². The molecular weight excluding hydrogens is 342 g/mol. The number of hydrogen-bond acceptors (Lipinski definition) is 5. The molecule has 2 aromatic rings. The van der Waals surface area contributed by atoms with Crippen LogP contribution in [0.5, 0.6) is 0 Å². The summed E-state index contributed by atoms with van der Waals surface area (Å²) in [6, 6.07) is 9.83. The zero-order chi connectivity index (χ0) is 20.1. The molecule has 7 heteroatoms. The molecule has 0 spiro atoms. The van der Waals surface area contributed by atoms with Gasteiger partial charge in [0.2, 0.25) is 5.91 Å². The topological polar surface area (TPSA) is 91.0 Å². The van der Waals surface area contributed by atoms with E-state index in [2.05, 4.69) is 36.1 Å². The van der Waals surface area contributed by atoms with Gasteiger partial charge in [0.1, 0.15) is 18.2 Å². The van der Waals surface area contributed by atoms with E-state index in [0.29, 0.717) is 23.0 Å². The number of aryl methyl sites for hydroxylation is 1. The van der Waals surface area contributed by atoms with Crippen LogP contribution in [0.2, 0.25) is 0 Å². The second-order valence-electron chi connectivity index (χ2n) is 6.63. The number of hydrogen-bond donors (Lipinski definition) is 1. The highest BCUT2D eigenvalue weighted by atomic mass is 16.2. The zero-order valence-electron chi connectivity index (χ0n) is 16.4. The van der Waals surface area contributed by atoms with Crippen molar-refractivity contribution in [3.63, 3.8) is 0 Å². The first-order valence-electron chi connectivity index (χ1n) is 8.93. The first kappa shape index (κ1) is 20.2. The molecule has 142 valence electrons. The molecule has 1 heterocycles. The third-order valence-electron chi connectivity index (χ3n) is 4.49. The van der Waals surface area contributed by atoms with Crippen molar-refractivity contribution in [1.82, 2.24) is 9.78 Å². The van der Waals surface area contributed by atoms with E-state index in [-0.39, 0.29) is 18.0 Å². The minimum absolute atomic E-state index is 0.0213. The predicted molar refractivity (Wildman–Crippen MR) is 106 cm³/mol. The van der Waals surface area contributed by atoms with Crippen LogP contribution >= 0.6 is 0 Å². The van der Waals surface area contributed by atoms with Crippen LogP contribution in [0, 0.1) is 25.2 Å². The zero-order valence-corrected chi connectivity index (χ0v) is 16.4. The predicted octanol–water partition coefficient (Wildman–Crippen LogP) is 2.61. The second kappa shape index (κ2) is 8.49. The van der Waals surface area contributed by atoms with Gasteiger partial charge in [-0.1, -0.05) is 0 Å². The average Bonchev–Trinajstić information content (AvgIpc) is 2.62. The van der Waals surface area contributed by atoms with Crippen LogP contribution in [0.25, 0.3) is 0 Å². The summed E-state index contributed by atoms with van der Waals surface area (Å²) in [4.78, 5) is 26.8. The summed E-state index contributed by atoms with van der Waals surface area (Å²) in [7, 11) is 0. The lowest BCUT2D eigenvalue weighted by atomic mass is 10.1. The molecule has 27 heavy (non-hydrogen) atoms. The maximum Gasteiger partial charge on any atom is 0.285 e. The van der Waals surface area contributed by atoms with Crippen LogP contribution in [-0.4, -0.2) is 28.3 Å². The quantitative estimate of drug-likeness (QED) is 0.847.